The molecule has 0 spiro atoms. The van der Waals surface area contributed by atoms with E-state index in [2.05, 4.69) is 31.0 Å². The fourth-order valence-electron chi connectivity index (χ4n) is 1.97. The van der Waals surface area contributed by atoms with E-state index in [9.17, 15) is 13.5 Å². The van der Waals surface area contributed by atoms with Gasteiger partial charge in [-0.25, -0.2) is 0 Å². The Hall–Kier alpha value is -1.77. The average molecular weight is 403 g/mol. The van der Waals surface area contributed by atoms with Crippen LogP contribution in [0, 0.1) is 0 Å². The number of nitrogens with one attached hydrogen (secondary N) is 2. The Kier molecular flexibility index (Phi) is 3.75. The number of para-hydroxylation sites is 1. The minimum Gasteiger partial charge on any atom is -0.506 e. The Morgan fingerprint density at radius 3 is 2.68 bits per heavy atom. The fourth-order valence-corrected chi connectivity index (χ4v) is 3.96. The van der Waals surface area contributed by atoms with Gasteiger partial charge in [0, 0.05) is 4.47 Å². The lowest BCUT2D eigenvalue weighted by atomic mass is 10.3. The van der Waals surface area contributed by atoms with Gasteiger partial charge in [0.2, 0.25) is 5.96 Å². The van der Waals surface area contributed by atoms with Crippen LogP contribution in [0.25, 0.3) is 0 Å². The summed E-state index contributed by atoms with van der Waals surface area (Å²) in [5.41, 5.74) is 0.617. The third kappa shape index (κ3) is 2.65. The van der Waals surface area contributed by atoms with E-state index in [1.165, 1.54) is 12.1 Å². The molecule has 0 amide bonds. The molecule has 0 saturated carbocycles. The Bertz CT molecular complexity index is 899. The van der Waals surface area contributed by atoms with E-state index in [1.54, 1.807) is 18.2 Å². The number of hydrogen-bond donors (Lipinski definition) is 3. The second-order valence-corrected chi connectivity index (χ2v) is 7.22. The van der Waals surface area contributed by atoms with Crippen LogP contribution in [-0.2, 0) is 10.0 Å². The van der Waals surface area contributed by atoms with Gasteiger partial charge in [-0.3, -0.25) is 0 Å². The first-order valence-electron chi connectivity index (χ1n) is 6.03. The molecule has 0 aromatic heterocycles. The van der Waals surface area contributed by atoms with Gasteiger partial charge in [-0.15, -0.1) is 4.40 Å². The van der Waals surface area contributed by atoms with Crippen molar-refractivity contribution in [1.82, 2.24) is 0 Å². The van der Waals surface area contributed by atoms with Gasteiger partial charge in [-0.2, -0.15) is 8.42 Å². The smallest absolute Gasteiger partial charge is 0.289 e. The molecule has 0 bridgehead atoms. The summed E-state index contributed by atoms with van der Waals surface area (Å²) in [7, 11) is -4.02. The maximum atomic E-state index is 12.3. The molecule has 9 heteroatoms. The molecule has 3 rings (SSSR count). The molecule has 1 aliphatic rings. The monoisotopic (exact) mass is 401 g/mol. The molecular formula is C13H9BrClN3O3S. The summed E-state index contributed by atoms with van der Waals surface area (Å²) >= 11 is 9.25. The summed E-state index contributed by atoms with van der Waals surface area (Å²) in [5.74, 6) is -0.263. The van der Waals surface area contributed by atoms with E-state index in [-0.39, 0.29) is 27.3 Å². The van der Waals surface area contributed by atoms with Crippen molar-refractivity contribution in [2.45, 2.75) is 4.90 Å². The standard InChI is InChI=1S/C13H9BrClN3O3S/c14-7-3-1-2-4-9(7)16-13-17-11-10(19)6-5-8(15)12(11)22(20,21)18-13/h1-6,19H,(H2,16,17,18). The maximum Gasteiger partial charge on any atom is 0.289 e. The van der Waals surface area contributed by atoms with Gasteiger partial charge in [-0.1, -0.05) is 23.7 Å². The number of phenols is 1. The molecule has 0 radical (unpaired) electrons. The predicted octanol–water partition coefficient (Wildman–Crippen LogP) is 3.39. The lowest BCUT2D eigenvalue weighted by Crippen LogP contribution is -2.28. The van der Waals surface area contributed by atoms with Crippen molar-refractivity contribution >= 4 is 54.9 Å². The summed E-state index contributed by atoms with van der Waals surface area (Å²) in [6.45, 7) is 0. The van der Waals surface area contributed by atoms with Crippen molar-refractivity contribution in [3.05, 3.63) is 45.9 Å². The van der Waals surface area contributed by atoms with Crippen molar-refractivity contribution < 1.29 is 13.5 Å². The van der Waals surface area contributed by atoms with Crippen LogP contribution in [-0.4, -0.2) is 19.5 Å². The van der Waals surface area contributed by atoms with Gasteiger partial charge in [0.1, 0.15) is 16.3 Å². The Labute approximate surface area is 140 Å². The van der Waals surface area contributed by atoms with Crippen molar-refractivity contribution in [3.63, 3.8) is 0 Å². The molecule has 1 aliphatic heterocycles. The minimum atomic E-state index is -4.02. The van der Waals surface area contributed by atoms with E-state index in [0.717, 1.165) is 4.47 Å². The van der Waals surface area contributed by atoms with Crippen LogP contribution in [0.1, 0.15) is 0 Å². The number of phenolic OH excluding ortho intramolecular Hbond substituents is 1. The number of nitrogens with zero attached hydrogens (tertiary/aromatic N) is 1. The van der Waals surface area contributed by atoms with E-state index in [1.807, 2.05) is 6.07 Å². The summed E-state index contributed by atoms with van der Waals surface area (Å²) in [5, 5.41) is 15.5. The van der Waals surface area contributed by atoms with Crippen LogP contribution in [0.3, 0.4) is 0 Å². The molecule has 114 valence electrons. The van der Waals surface area contributed by atoms with Crippen molar-refractivity contribution in [2.75, 3.05) is 10.6 Å². The third-order valence-electron chi connectivity index (χ3n) is 2.93. The first-order valence-corrected chi connectivity index (χ1v) is 8.64. The molecule has 1 heterocycles. The van der Waals surface area contributed by atoms with Crippen LogP contribution in [0.2, 0.25) is 5.02 Å². The largest absolute Gasteiger partial charge is 0.506 e. The highest BCUT2D eigenvalue weighted by Crippen LogP contribution is 2.39. The van der Waals surface area contributed by atoms with Crippen LogP contribution in [0.4, 0.5) is 11.4 Å². The first kappa shape index (κ1) is 15.1. The zero-order valence-corrected chi connectivity index (χ0v) is 14.0. The predicted molar refractivity (Wildman–Crippen MR) is 89.1 cm³/mol. The van der Waals surface area contributed by atoms with Gasteiger partial charge >= 0.3 is 0 Å². The number of anilines is 2. The number of aromatic hydroxyl groups is 1. The van der Waals surface area contributed by atoms with Gasteiger partial charge in [-0.05, 0) is 40.2 Å². The highest BCUT2D eigenvalue weighted by Gasteiger charge is 2.30. The SMILES string of the molecule is O=S1(=O)N=C(Nc2ccccc2Br)Nc2c(O)ccc(Cl)c21. The van der Waals surface area contributed by atoms with Crippen LogP contribution >= 0.6 is 27.5 Å². The highest BCUT2D eigenvalue weighted by molar-refractivity contribution is 9.10. The van der Waals surface area contributed by atoms with Gasteiger partial charge in [0.25, 0.3) is 10.0 Å². The average Bonchev–Trinajstić information content (AvgIpc) is 2.44. The van der Waals surface area contributed by atoms with Gasteiger partial charge < -0.3 is 15.7 Å². The number of sulfonamides is 1. The summed E-state index contributed by atoms with van der Waals surface area (Å²) < 4.78 is 28.9. The molecule has 0 unspecified atom stereocenters. The number of hydrogen-bond acceptors (Lipinski definition) is 5. The summed E-state index contributed by atoms with van der Waals surface area (Å²) in [6, 6.07) is 9.76. The number of rotatable bonds is 1. The Morgan fingerprint density at radius 2 is 1.95 bits per heavy atom. The van der Waals surface area contributed by atoms with Crippen LogP contribution < -0.4 is 10.6 Å². The lowest BCUT2D eigenvalue weighted by molar-refractivity contribution is 0.476. The normalized spacial score (nSPS) is 15.5. The lowest BCUT2D eigenvalue weighted by Gasteiger charge is -2.21. The van der Waals surface area contributed by atoms with Crippen LogP contribution in [0.15, 0.2) is 50.2 Å². The molecule has 0 aliphatic carbocycles. The summed E-state index contributed by atoms with van der Waals surface area (Å²) in [6.07, 6.45) is 0. The van der Waals surface area contributed by atoms with E-state index in [4.69, 9.17) is 11.6 Å². The summed E-state index contributed by atoms with van der Waals surface area (Å²) in [4.78, 5) is -0.244. The maximum absolute atomic E-state index is 12.3. The van der Waals surface area contributed by atoms with E-state index >= 15 is 0 Å². The second kappa shape index (κ2) is 5.45. The number of fused-ring (bicyclic) bond motifs is 1. The topological polar surface area (TPSA) is 90.8 Å². The van der Waals surface area contributed by atoms with Gasteiger partial charge in [0.15, 0.2) is 0 Å². The van der Waals surface area contributed by atoms with E-state index in [0.29, 0.717) is 5.69 Å². The van der Waals surface area contributed by atoms with Crippen molar-refractivity contribution in [2.24, 2.45) is 4.40 Å². The molecule has 6 nitrogen and oxygen atoms in total. The molecule has 0 atom stereocenters. The quantitative estimate of drug-likeness (QED) is 0.636. The molecule has 3 N–H and O–H groups in total. The molecule has 2 aromatic carbocycles. The van der Waals surface area contributed by atoms with E-state index < -0.39 is 10.0 Å². The minimum absolute atomic E-state index is 0.00273. The van der Waals surface area contributed by atoms with Gasteiger partial charge in [0.05, 0.1) is 10.7 Å². The molecule has 0 fully saturated rings. The van der Waals surface area contributed by atoms with Crippen LogP contribution in [0.5, 0.6) is 5.75 Å². The third-order valence-corrected chi connectivity index (χ3v) is 5.41. The molecule has 0 saturated heterocycles. The molecular weight excluding hydrogens is 394 g/mol. The highest BCUT2D eigenvalue weighted by atomic mass is 79.9. The zero-order chi connectivity index (χ0) is 15.9. The Morgan fingerprint density at radius 1 is 1.23 bits per heavy atom. The zero-order valence-electron chi connectivity index (χ0n) is 10.8. The van der Waals surface area contributed by atoms with Crippen molar-refractivity contribution in [1.29, 1.82) is 0 Å². The molecule has 22 heavy (non-hydrogen) atoms. The number of guanidine groups is 1. The number of halogens is 2. The number of benzene rings is 2. The molecule has 2 aromatic rings. The first-order chi connectivity index (χ1) is 10.4. The fraction of sp³-hybridized carbons (Fsp3) is 0. The van der Waals surface area contributed by atoms with Crippen molar-refractivity contribution in [3.8, 4) is 5.75 Å². The second-order valence-electron chi connectivity index (χ2n) is 4.42. The Balaban J connectivity index is 2.06.